The number of rotatable bonds is 8. The van der Waals surface area contributed by atoms with E-state index in [1.165, 1.54) is 0 Å². The van der Waals surface area contributed by atoms with Crippen molar-refractivity contribution in [2.24, 2.45) is 0 Å². The third-order valence-corrected chi connectivity index (χ3v) is 7.69. The average molecular weight is 554 g/mol. The van der Waals surface area contributed by atoms with Gasteiger partial charge in [-0.1, -0.05) is 12.2 Å². The second-order valence-electron chi connectivity index (χ2n) is 6.08. The van der Waals surface area contributed by atoms with Crippen LogP contribution in [-0.4, -0.2) is 53.7 Å². The molecular weight excluding hydrogens is 541 g/mol. The molecule has 5 atom stereocenters. The van der Waals surface area contributed by atoms with Gasteiger partial charge in [-0.2, -0.15) is 21.8 Å². The molecule has 1 aliphatic heterocycles. The Morgan fingerprint density at radius 1 is 1.22 bits per heavy atom. The van der Waals surface area contributed by atoms with Crippen molar-refractivity contribution in [1.82, 2.24) is 9.55 Å². The smallest absolute Gasteiger partial charge is 0.348 e. The van der Waals surface area contributed by atoms with Crippen LogP contribution < -0.4 is 5.69 Å². The van der Waals surface area contributed by atoms with E-state index >= 15 is 0 Å². The quantitative estimate of drug-likeness (QED) is 0.177. The number of H-pyrrole nitrogens is 1. The number of alkyl halides is 4. The van der Waals surface area contributed by atoms with Gasteiger partial charge in [-0.05, 0) is 6.07 Å². The van der Waals surface area contributed by atoms with Crippen molar-refractivity contribution in [3.8, 4) is 0 Å². The third-order valence-electron chi connectivity index (χ3n) is 3.65. The van der Waals surface area contributed by atoms with Gasteiger partial charge in [-0.25, -0.2) is 22.9 Å². The molecule has 0 saturated carbocycles. The molecule has 2 rings (SSSR count). The van der Waals surface area contributed by atoms with Crippen LogP contribution in [-0.2, 0) is 31.6 Å². The molecule has 1 aromatic rings. The SMILES string of the molecule is O=c1[nH]c(=S)ccn1[C@@H]1O[C@H](COP(=O)(O)OP(=O)(O)OP(=O)(O)O)CC1(F)C(F)(F)F. The third kappa shape index (κ3) is 6.85. The summed E-state index contributed by atoms with van der Waals surface area (Å²) in [6.07, 6.45) is -11.0. The Labute approximate surface area is 179 Å². The molecule has 1 saturated heterocycles. The first-order valence-electron chi connectivity index (χ1n) is 7.76. The van der Waals surface area contributed by atoms with E-state index in [0.717, 1.165) is 12.3 Å². The minimum Gasteiger partial charge on any atom is -0.348 e. The molecule has 22 heteroatoms. The maximum Gasteiger partial charge on any atom is 0.490 e. The monoisotopic (exact) mass is 554 g/mol. The second kappa shape index (κ2) is 9.09. The van der Waals surface area contributed by atoms with Crippen molar-refractivity contribution in [2.75, 3.05) is 6.61 Å². The Morgan fingerprint density at radius 2 is 1.81 bits per heavy atom. The van der Waals surface area contributed by atoms with E-state index in [9.17, 15) is 40.9 Å². The predicted molar refractivity (Wildman–Crippen MR) is 94.1 cm³/mol. The highest BCUT2D eigenvalue weighted by atomic mass is 32.1. The molecule has 0 amide bonds. The van der Waals surface area contributed by atoms with Crippen molar-refractivity contribution < 1.29 is 68.7 Å². The Bertz CT molecular complexity index is 1120. The molecule has 184 valence electrons. The molecule has 1 aliphatic rings. The summed E-state index contributed by atoms with van der Waals surface area (Å²) in [6, 6.07) is 0.969. The van der Waals surface area contributed by atoms with Gasteiger partial charge in [-0.15, -0.1) is 0 Å². The van der Waals surface area contributed by atoms with Gasteiger partial charge in [0.15, 0.2) is 6.23 Å². The van der Waals surface area contributed by atoms with Crippen molar-refractivity contribution >= 4 is 35.7 Å². The number of aromatic amines is 1. The minimum atomic E-state index is -5.88. The molecule has 32 heavy (non-hydrogen) atoms. The lowest BCUT2D eigenvalue weighted by Crippen LogP contribution is -2.47. The van der Waals surface area contributed by atoms with Crippen LogP contribution in [0.3, 0.4) is 0 Å². The molecule has 0 radical (unpaired) electrons. The summed E-state index contributed by atoms with van der Waals surface area (Å²) < 4.78 is 104. The first kappa shape index (κ1) is 27.4. The molecule has 1 fully saturated rings. The van der Waals surface area contributed by atoms with Gasteiger partial charge in [0.25, 0.3) is 5.67 Å². The predicted octanol–water partition coefficient (Wildman–Crippen LogP) is 1.81. The van der Waals surface area contributed by atoms with E-state index in [4.69, 9.17) is 19.4 Å². The van der Waals surface area contributed by atoms with Crippen LogP contribution in [0.4, 0.5) is 17.6 Å². The number of halogens is 4. The Morgan fingerprint density at radius 3 is 2.31 bits per heavy atom. The van der Waals surface area contributed by atoms with Crippen molar-refractivity contribution in [3.63, 3.8) is 0 Å². The van der Waals surface area contributed by atoms with Gasteiger partial charge >= 0.3 is 35.3 Å². The molecule has 1 aromatic heterocycles. The van der Waals surface area contributed by atoms with Gasteiger partial charge in [0.05, 0.1) is 12.7 Å². The largest absolute Gasteiger partial charge is 0.490 e. The highest BCUT2D eigenvalue weighted by Crippen LogP contribution is 2.66. The molecule has 0 aromatic carbocycles. The van der Waals surface area contributed by atoms with Crippen LogP contribution >= 0.6 is 35.7 Å². The Kier molecular flexibility index (Phi) is 7.80. The van der Waals surface area contributed by atoms with Gasteiger partial charge in [0.1, 0.15) is 4.64 Å². The zero-order valence-corrected chi connectivity index (χ0v) is 18.5. The van der Waals surface area contributed by atoms with Crippen molar-refractivity contribution in [1.29, 1.82) is 0 Å². The normalized spacial score (nSPS) is 28.2. The molecule has 0 bridgehead atoms. The number of hydrogen-bond donors (Lipinski definition) is 5. The fourth-order valence-corrected chi connectivity index (χ4v) is 5.70. The molecule has 14 nitrogen and oxygen atoms in total. The summed E-state index contributed by atoms with van der Waals surface area (Å²) in [7, 11) is -17.2. The van der Waals surface area contributed by atoms with E-state index in [0.29, 0.717) is 0 Å². The van der Waals surface area contributed by atoms with Crippen LogP contribution in [0.1, 0.15) is 12.6 Å². The van der Waals surface area contributed by atoms with E-state index < -0.39 is 66.4 Å². The van der Waals surface area contributed by atoms with Gasteiger partial charge in [0, 0.05) is 12.6 Å². The van der Waals surface area contributed by atoms with Gasteiger partial charge in [0.2, 0.25) is 0 Å². The molecule has 0 spiro atoms. The highest BCUT2D eigenvalue weighted by molar-refractivity contribution is 7.71. The Hall–Kier alpha value is -0.810. The van der Waals surface area contributed by atoms with Crippen LogP contribution in [0, 0.1) is 4.64 Å². The summed E-state index contributed by atoms with van der Waals surface area (Å²) >= 11 is 4.63. The fourth-order valence-electron chi connectivity index (χ4n) is 2.50. The minimum absolute atomic E-state index is 0.176. The summed E-state index contributed by atoms with van der Waals surface area (Å²) in [5.74, 6) is 0. The lowest BCUT2D eigenvalue weighted by molar-refractivity contribution is -0.256. The molecule has 5 N–H and O–H groups in total. The maximum absolute atomic E-state index is 14.9. The van der Waals surface area contributed by atoms with Crippen LogP contribution in [0.2, 0.25) is 0 Å². The maximum atomic E-state index is 14.9. The first-order chi connectivity index (χ1) is 14.2. The summed E-state index contributed by atoms with van der Waals surface area (Å²) in [5, 5.41) is 0. The van der Waals surface area contributed by atoms with Crippen molar-refractivity contribution in [3.05, 3.63) is 27.4 Å². The van der Waals surface area contributed by atoms with E-state index in [2.05, 4.69) is 25.4 Å². The van der Waals surface area contributed by atoms with Gasteiger partial charge < -0.3 is 24.3 Å². The number of nitrogens with one attached hydrogen (secondary N) is 1. The molecular formula is C10H13F4N2O12P3S. The topological polar surface area (TPSA) is 207 Å². The zero-order chi connectivity index (χ0) is 24.8. The highest BCUT2D eigenvalue weighted by Gasteiger charge is 2.67. The fraction of sp³-hybridized carbons (Fsp3) is 0.600. The standard InChI is InChI=1S/C10H13F4N2O12P3S/c11-9(10(12,13)14)3-5(26-7(9)16-2-1-6(32)15-8(16)17)4-25-30(21,22)28-31(23,24)27-29(18,19)20/h1-2,5,7H,3-4H2,(H,21,22)(H,23,24)(H,15,17,32)(H2,18,19,20)/t5-,7+,9?/m0/s1. The number of hydrogen-bond acceptors (Lipinski definition) is 9. The number of phosphoric acid groups is 3. The van der Waals surface area contributed by atoms with Crippen molar-refractivity contribution in [2.45, 2.75) is 30.6 Å². The summed E-state index contributed by atoms with van der Waals surface area (Å²) in [5.41, 5.74) is -5.44. The lowest BCUT2D eigenvalue weighted by atomic mass is 9.99. The first-order valence-corrected chi connectivity index (χ1v) is 12.7. The van der Waals surface area contributed by atoms with Crippen LogP contribution in [0.25, 0.3) is 0 Å². The number of phosphoric ester groups is 1. The second-order valence-corrected chi connectivity index (χ2v) is 10.9. The number of ether oxygens (including phenoxy) is 1. The van der Waals surface area contributed by atoms with E-state index in [1.807, 2.05) is 4.98 Å². The summed E-state index contributed by atoms with van der Waals surface area (Å²) in [6.45, 7) is -1.35. The zero-order valence-electron chi connectivity index (χ0n) is 15.0. The number of aromatic nitrogens is 2. The van der Waals surface area contributed by atoms with Crippen LogP contribution in [0.15, 0.2) is 17.1 Å². The Balaban J connectivity index is 2.21. The molecule has 0 aliphatic carbocycles. The van der Waals surface area contributed by atoms with Gasteiger partial charge in [-0.3, -0.25) is 14.1 Å². The average Bonchev–Trinajstić information content (AvgIpc) is 2.87. The lowest BCUT2D eigenvalue weighted by Gasteiger charge is -2.28. The molecule has 2 heterocycles. The summed E-state index contributed by atoms with van der Waals surface area (Å²) in [4.78, 5) is 49.1. The number of nitrogens with zero attached hydrogens (tertiary/aromatic N) is 1. The van der Waals surface area contributed by atoms with E-state index in [1.54, 1.807) is 0 Å². The van der Waals surface area contributed by atoms with Crippen LogP contribution in [0.5, 0.6) is 0 Å². The van der Waals surface area contributed by atoms with E-state index in [-0.39, 0.29) is 9.21 Å². The molecule has 3 unspecified atom stereocenters.